The van der Waals surface area contributed by atoms with E-state index in [0.717, 1.165) is 32.2 Å². The second-order valence-corrected chi connectivity index (χ2v) is 6.42. The van der Waals surface area contributed by atoms with Crippen LogP contribution in [0.1, 0.15) is 36.8 Å². The van der Waals surface area contributed by atoms with Crippen molar-refractivity contribution < 1.29 is 9.59 Å². The van der Waals surface area contributed by atoms with Crippen LogP contribution in [0.5, 0.6) is 0 Å². The molecule has 0 saturated heterocycles. The highest BCUT2D eigenvalue weighted by molar-refractivity contribution is 5.95. The van der Waals surface area contributed by atoms with Crippen LogP contribution in [0, 0.1) is 6.92 Å². The van der Waals surface area contributed by atoms with Gasteiger partial charge < -0.3 is 5.32 Å². The minimum atomic E-state index is -0.362. The van der Waals surface area contributed by atoms with E-state index in [1.807, 2.05) is 0 Å². The van der Waals surface area contributed by atoms with Crippen molar-refractivity contribution >= 4 is 11.9 Å². The molecule has 3 rings (SSSR count). The molecule has 0 aromatic heterocycles. The standard InChI is InChI=1S/C17H23N3O2/c1-12-2-4-13(5-3-12)10-20(15-8-9-15)11-16(21)19-17(22)18-14-6-7-14/h2-5,14-15H,6-11H2,1H3,(H2,18,19,21,22). The molecular weight excluding hydrogens is 278 g/mol. The maximum absolute atomic E-state index is 12.0. The summed E-state index contributed by atoms with van der Waals surface area (Å²) in [5, 5.41) is 5.20. The number of nitrogens with zero attached hydrogens (tertiary/aromatic N) is 1. The number of urea groups is 1. The highest BCUT2D eigenvalue weighted by Crippen LogP contribution is 2.28. The summed E-state index contributed by atoms with van der Waals surface area (Å²) in [6.07, 6.45) is 4.30. The molecule has 2 N–H and O–H groups in total. The molecule has 3 amide bonds. The van der Waals surface area contributed by atoms with Crippen LogP contribution in [0.3, 0.4) is 0 Å². The largest absolute Gasteiger partial charge is 0.335 e. The summed E-state index contributed by atoms with van der Waals surface area (Å²) >= 11 is 0. The van der Waals surface area contributed by atoms with Crippen molar-refractivity contribution in [2.24, 2.45) is 0 Å². The SMILES string of the molecule is Cc1ccc(CN(CC(=O)NC(=O)NC2CC2)C2CC2)cc1. The molecule has 22 heavy (non-hydrogen) atoms. The summed E-state index contributed by atoms with van der Waals surface area (Å²) in [6, 6.07) is 8.75. The zero-order valence-electron chi connectivity index (χ0n) is 13.0. The Hall–Kier alpha value is -1.88. The number of aryl methyl sites for hydroxylation is 1. The van der Waals surface area contributed by atoms with Crippen LogP contribution in [0.15, 0.2) is 24.3 Å². The smallest absolute Gasteiger partial charge is 0.321 e. The number of carbonyl (C=O) groups excluding carboxylic acids is 2. The van der Waals surface area contributed by atoms with Crippen LogP contribution in [-0.4, -0.2) is 35.5 Å². The van der Waals surface area contributed by atoms with Gasteiger partial charge in [0.1, 0.15) is 0 Å². The third kappa shape index (κ3) is 4.56. The Labute approximate surface area is 131 Å². The Balaban J connectivity index is 1.51. The van der Waals surface area contributed by atoms with Crippen LogP contribution in [0.4, 0.5) is 4.79 Å². The van der Waals surface area contributed by atoms with Gasteiger partial charge in [-0.15, -0.1) is 0 Å². The Morgan fingerprint density at radius 1 is 1.14 bits per heavy atom. The zero-order chi connectivity index (χ0) is 15.5. The van der Waals surface area contributed by atoms with Crippen LogP contribution >= 0.6 is 0 Å². The second kappa shape index (κ2) is 6.48. The van der Waals surface area contributed by atoms with E-state index in [1.165, 1.54) is 11.1 Å². The van der Waals surface area contributed by atoms with Crippen molar-refractivity contribution in [2.45, 2.75) is 51.2 Å². The topological polar surface area (TPSA) is 61.4 Å². The van der Waals surface area contributed by atoms with Gasteiger partial charge in [0.2, 0.25) is 5.91 Å². The molecule has 1 aromatic carbocycles. The Morgan fingerprint density at radius 2 is 1.82 bits per heavy atom. The molecule has 2 fully saturated rings. The number of hydrogen-bond donors (Lipinski definition) is 2. The number of carbonyl (C=O) groups is 2. The quantitative estimate of drug-likeness (QED) is 0.844. The molecule has 1 aromatic rings. The van der Waals surface area contributed by atoms with Crippen molar-refractivity contribution in [3.63, 3.8) is 0 Å². The van der Waals surface area contributed by atoms with Gasteiger partial charge in [0.15, 0.2) is 0 Å². The lowest BCUT2D eigenvalue weighted by Crippen LogP contribution is -2.45. The maximum atomic E-state index is 12.0. The zero-order valence-corrected chi connectivity index (χ0v) is 13.0. The predicted molar refractivity (Wildman–Crippen MR) is 84.3 cm³/mol. The molecular formula is C17H23N3O2. The molecule has 0 aliphatic heterocycles. The number of amides is 3. The monoisotopic (exact) mass is 301 g/mol. The molecule has 5 nitrogen and oxygen atoms in total. The Morgan fingerprint density at radius 3 is 2.41 bits per heavy atom. The van der Waals surface area contributed by atoms with Crippen LogP contribution in [0.25, 0.3) is 0 Å². The Kier molecular flexibility index (Phi) is 4.43. The number of rotatable bonds is 6. The Bertz CT molecular complexity index is 548. The molecule has 0 radical (unpaired) electrons. The summed E-state index contributed by atoms with van der Waals surface area (Å²) in [7, 11) is 0. The fourth-order valence-corrected chi connectivity index (χ4v) is 2.48. The van der Waals surface area contributed by atoms with Gasteiger partial charge in [-0.3, -0.25) is 15.0 Å². The number of nitrogens with one attached hydrogen (secondary N) is 2. The fourth-order valence-electron chi connectivity index (χ4n) is 2.48. The van der Waals surface area contributed by atoms with Gasteiger partial charge in [-0.05, 0) is 38.2 Å². The third-order valence-corrected chi connectivity index (χ3v) is 4.08. The molecule has 0 unspecified atom stereocenters. The summed E-state index contributed by atoms with van der Waals surface area (Å²) in [5.74, 6) is -0.225. The predicted octanol–water partition coefficient (Wildman–Crippen LogP) is 1.95. The highest BCUT2D eigenvalue weighted by Gasteiger charge is 2.31. The summed E-state index contributed by atoms with van der Waals surface area (Å²) in [4.78, 5) is 25.8. The molecule has 118 valence electrons. The van der Waals surface area contributed by atoms with E-state index in [2.05, 4.69) is 46.7 Å². The number of imide groups is 1. The first-order valence-electron chi connectivity index (χ1n) is 8.00. The molecule has 0 bridgehead atoms. The van der Waals surface area contributed by atoms with E-state index >= 15 is 0 Å². The maximum Gasteiger partial charge on any atom is 0.321 e. The van der Waals surface area contributed by atoms with Crippen LogP contribution in [0.2, 0.25) is 0 Å². The first-order valence-corrected chi connectivity index (χ1v) is 8.00. The average Bonchev–Trinajstić information content (AvgIpc) is 3.34. The summed E-state index contributed by atoms with van der Waals surface area (Å²) in [5.41, 5.74) is 2.43. The van der Waals surface area contributed by atoms with Crippen molar-refractivity contribution in [1.82, 2.24) is 15.5 Å². The summed E-state index contributed by atoms with van der Waals surface area (Å²) in [6.45, 7) is 3.09. The van der Waals surface area contributed by atoms with E-state index in [0.29, 0.717) is 6.04 Å². The van der Waals surface area contributed by atoms with Crippen molar-refractivity contribution in [2.75, 3.05) is 6.54 Å². The van der Waals surface area contributed by atoms with Crippen molar-refractivity contribution in [3.05, 3.63) is 35.4 Å². The van der Waals surface area contributed by atoms with Gasteiger partial charge in [-0.1, -0.05) is 29.8 Å². The minimum absolute atomic E-state index is 0.225. The average molecular weight is 301 g/mol. The van der Waals surface area contributed by atoms with Crippen molar-refractivity contribution in [1.29, 1.82) is 0 Å². The first-order chi connectivity index (χ1) is 10.6. The normalized spacial score (nSPS) is 17.4. The van der Waals surface area contributed by atoms with E-state index in [-0.39, 0.29) is 24.5 Å². The van der Waals surface area contributed by atoms with Gasteiger partial charge >= 0.3 is 6.03 Å². The number of benzene rings is 1. The van der Waals surface area contributed by atoms with Gasteiger partial charge in [0.25, 0.3) is 0 Å². The molecule has 2 aliphatic carbocycles. The minimum Gasteiger partial charge on any atom is -0.335 e. The van der Waals surface area contributed by atoms with Gasteiger partial charge in [0, 0.05) is 18.6 Å². The van der Waals surface area contributed by atoms with Crippen LogP contribution in [-0.2, 0) is 11.3 Å². The molecule has 0 atom stereocenters. The van der Waals surface area contributed by atoms with Crippen molar-refractivity contribution in [3.8, 4) is 0 Å². The molecule has 0 spiro atoms. The van der Waals surface area contributed by atoms with E-state index in [4.69, 9.17) is 0 Å². The first kappa shape index (κ1) is 15.0. The third-order valence-electron chi connectivity index (χ3n) is 4.08. The van der Waals surface area contributed by atoms with Gasteiger partial charge in [-0.25, -0.2) is 4.79 Å². The lowest BCUT2D eigenvalue weighted by atomic mass is 10.1. The van der Waals surface area contributed by atoms with E-state index < -0.39 is 0 Å². The van der Waals surface area contributed by atoms with Gasteiger partial charge in [0.05, 0.1) is 6.54 Å². The summed E-state index contributed by atoms with van der Waals surface area (Å²) < 4.78 is 0. The molecule has 2 saturated carbocycles. The molecule has 0 heterocycles. The van der Waals surface area contributed by atoms with E-state index in [1.54, 1.807) is 0 Å². The second-order valence-electron chi connectivity index (χ2n) is 6.42. The molecule has 5 heteroatoms. The lowest BCUT2D eigenvalue weighted by molar-refractivity contribution is -0.121. The highest BCUT2D eigenvalue weighted by atomic mass is 16.2. The fraction of sp³-hybridized carbons (Fsp3) is 0.529. The number of hydrogen-bond acceptors (Lipinski definition) is 3. The molecule has 2 aliphatic rings. The lowest BCUT2D eigenvalue weighted by Gasteiger charge is -2.21. The van der Waals surface area contributed by atoms with Crippen LogP contribution < -0.4 is 10.6 Å². The van der Waals surface area contributed by atoms with E-state index in [9.17, 15) is 9.59 Å². The van der Waals surface area contributed by atoms with Gasteiger partial charge in [-0.2, -0.15) is 0 Å².